The Morgan fingerprint density at radius 2 is 1.68 bits per heavy atom. The summed E-state index contributed by atoms with van der Waals surface area (Å²) in [6.07, 6.45) is 2.03. The number of rotatable bonds is 1. The second-order valence-electron chi connectivity index (χ2n) is 5.43. The van der Waals surface area contributed by atoms with Crippen molar-refractivity contribution in [1.82, 2.24) is 0 Å². The third-order valence-electron chi connectivity index (χ3n) is 4.23. The summed E-state index contributed by atoms with van der Waals surface area (Å²) in [5, 5.41) is 9.63. The number of ketones is 1. The number of hydrogen-bond acceptors (Lipinski definition) is 2. The van der Waals surface area contributed by atoms with E-state index in [2.05, 4.69) is 0 Å². The van der Waals surface area contributed by atoms with Crippen LogP contribution in [0.5, 0.6) is 0 Å². The molecule has 1 aliphatic rings. The van der Waals surface area contributed by atoms with E-state index in [4.69, 9.17) is 0 Å². The van der Waals surface area contributed by atoms with Crippen molar-refractivity contribution in [2.75, 3.05) is 0 Å². The van der Waals surface area contributed by atoms with Crippen molar-refractivity contribution in [1.29, 1.82) is 0 Å². The topological polar surface area (TPSA) is 37.3 Å². The van der Waals surface area contributed by atoms with Crippen LogP contribution in [-0.4, -0.2) is 10.9 Å². The van der Waals surface area contributed by atoms with Crippen LogP contribution in [0.2, 0.25) is 0 Å². The number of hydrogen-bond donors (Lipinski definition) is 1. The van der Waals surface area contributed by atoms with Crippen LogP contribution in [0.25, 0.3) is 0 Å². The summed E-state index contributed by atoms with van der Waals surface area (Å²) < 4.78 is 14.2. The smallest absolute Gasteiger partial charge is 0.159 e. The van der Waals surface area contributed by atoms with Crippen molar-refractivity contribution in [2.45, 2.75) is 46.5 Å². The maximum atomic E-state index is 14.2. The molecule has 0 amide bonds. The van der Waals surface area contributed by atoms with Gasteiger partial charge >= 0.3 is 0 Å². The molecule has 0 aliphatic heterocycles. The molecule has 1 atom stereocenters. The fraction of sp³-hybridized carbons (Fsp3) is 0.438. The quantitative estimate of drug-likeness (QED) is 0.832. The van der Waals surface area contributed by atoms with Crippen LogP contribution in [0.3, 0.4) is 0 Å². The average Bonchev–Trinajstić information content (AvgIpc) is 2.33. The minimum atomic E-state index is -0.195. The van der Waals surface area contributed by atoms with Crippen molar-refractivity contribution in [3.63, 3.8) is 0 Å². The predicted molar refractivity (Wildman–Crippen MR) is 73.0 cm³/mol. The van der Waals surface area contributed by atoms with Gasteiger partial charge in [-0.1, -0.05) is 0 Å². The number of aliphatic hydroxyl groups is 1. The van der Waals surface area contributed by atoms with Crippen LogP contribution in [0.1, 0.15) is 46.6 Å². The Kier molecular flexibility index (Phi) is 3.48. The lowest BCUT2D eigenvalue weighted by molar-refractivity contribution is -0.115. The molecular formula is C16H19FO2. The number of halogens is 1. The SMILES string of the molecule is Cc1c(C)c(F)c(C)c(C2CC(=O)C=C(O)C2)c1C. The molecule has 1 unspecified atom stereocenters. The van der Waals surface area contributed by atoms with Gasteiger partial charge in [-0.3, -0.25) is 4.79 Å². The van der Waals surface area contributed by atoms with Gasteiger partial charge in [0.15, 0.2) is 5.78 Å². The normalized spacial score (nSPS) is 19.5. The molecule has 3 heteroatoms. The third kappa shape index (κ3) is 2.29. The van der Waals surface area contributed by atoms with Crippen molar-refractivity contribution in [2.24, 2.45) is 0 Å². The molecule has 0 bridgehead atoms. The van der Waals surface area contributed by atoms with E-state index in [9.17, 15) is 14.3 Å². The first-order valence-electron chi connectivity index (χ1n) is 6.51. The van der Waals surface area contributed by atoms with Gasteiger partial charge in [0.05, 0.1) is 5.76 Å². The van der Waals surface area contributed by atoms with Gasteiger partial charge in [-0.15, -0.1) is 0 Å². The average molecular weight is 262 g/mol. The maximum Gasteiger partial charge on any atom is 0.159 e. The summed E-state index contributed by atoms with van der Waals surface area (Å²) in [6, 6.07) is 0. The van der Waals surface area contributed by atoms with E-state index in [-0.39, 0.29) is 23.3 Å². The largest absolute Gasteiger partial charge is 0.512 e. The van der Waals surface area contributed by atoms with Crippen LogP contribution in [0.4, 0.5) is 4.39 Å². The molecule has 0 saturated heterocycles. The standard InChI is InChI=1S/C16H19FO2/c1-8-9(2)15(11(4)16(17)10(8)3)12-5-13(18)7-14(19)6-12/h7,12,18H,5-6H2,1-4H3. The highest BCUT2D eigenvalue weighted by Gasteiger charge is 2.27. The second-order valence-corrected chi connectivity index (χ2v) is 5.43. The van der Waals surface area contributed by atoms with E-state index < -0.39 is 0 Å². The van der Waals surface area contributed by atoms with E-state index in [1.54, 1.807) is 13.8 Å². The molecule has 0 aromatic heterocycles. The van der Waals surface area contributed by atoms with Gasteiger partial charge in [0.2, 0.25) is 0 Å². The summed E-state index contributed by atoms with van der Waals surface area (Å²) in [5.41, 5.74) is 4.12. The summed E-state index contributed by atoms with van der Waals surface area (Å²) in [5.74, 6) is -0.309. The summed E-state index contributed by atoms with van der Waals surface area (Å²) in [7, 11) is 0. The molecule has 0 saturated carbocycles. The molecule has 0 fully saturated rings. The lowest BCUT2D eigenvalue weighted by Crippen LogP contribution is -2.16. The van der Waals surface area contributed by atoms with Gasteiger partial charge in [0.25, 0.3) is 0 Å². The number of allylic oxidation sites excluding steroid dienone is 2. The zero-order chi connectivity index (χ0) is 14.3. The molecule has 1 aliphatic carbocycles. The summed E-state index contributed by atoms with van der Waals surface area (Å²) >= 11 is 0. The molecule has 1 N–H and O–H groups in total. The van der Waals surface area contributed by atoms with Crippen LogP contribution in [-0.2, 0) is 4.79 Å². The molecule has 1 aromatic rings. The third-order valence-corrected chi connectivity index (χ3v) is 4.23. The first-order valence-corrected chi connectivity index (χ1v) is 6.51. The van der Waals surface area contributed by atoms with Crippen molar-refractivity contribution in [3.8, 4) is 0 Å². The number of carbonyl (C=O) groups excluding carboxylic acids is 1. The Balaban J connectivity index is 2.58. The summed E-state index contributed by atoms with van der Waals surface area (Å²) in [6.45, 7) is 7.39. The zero-order valence-electron chi connectivity index (χ0n) is 11.8. The van der Waals surface area contributed by atoms with Gasteiger partial charge in [0, 0.05) is 18.9 Å². The predicted octanol–water partition coefficient (Wildman–Crippen LogP) is 3.95. The highest BCUT2D eigenvalue weighted by Crippen LogP contribution is 2.37. The van der Waals surface area contributed by atoms with E-state index in [0.717, 1.165) is 16.7 Å². The molecule has 19 heavy (non-hydrogen) atoms. The Hall–Kier alpha value is -1.64. The van der Waals surface area contributed by atoms with Crippen LogP contribution in [0, 0.1) is 33.5 Å². The van der Waals surface area contributed by atoms with Gasteiger partial charge < -0.3 is 5.11 Å². The monoisotopic (exact) mass is 262 g/mol. The molecule has 0 heterocycles. The van der Waals surface area contributed by atoms with Gasteiger partial charge in [-0.05, 0) is 61.4 Å². The molecular weight excluding hydrogens is 243 g/mol. The van der Waals surface area contributed by atoms with Crippen LogP contribution < -0.4 is 0 Å². The minimum Gasteiger partial charge on any atom is -0.512 e. The van der Waals surface area contributed by atoms with Gasteiger partial charge in [-0.25, -0.2) is 4.39 Å². The molecule has 102 valence electrons. The Bertz CT molecular complexity index is 556. The minimum absolute atomic E-state index is 0.0915. The van der Waals surface area contributed by atoms with Gasteiger partial charge in [0.1, 0.15) is 5.82 Å². The van der Waals surface area contributed by atoms with Crippen molar-refractivity contribution >= 4 is 5.78 Å². The van der Waals surface area contributed by atoms with Gasteiger partial charge in [-0.2, -0.15) is 0 Å². The lowest BCUT2D eigenvalue weighted by Gasteiger charge is -2.25. The van der Waals surface area contributed by atoms with Crippen LogP contribution in [0.15, 0.2) is 11.8 Å². The van der Waals surface area contributed by atoms with E-state index in [1.807, 2.05) is 13.8 Å². The first-order chi connectivity index (χ1) is 8.82. The van der Waals surface area contributed by atoms with E-state index >= 15 is 0 Å². The fourth-order valence-electron chi connectivity index (χ4n) is 3.02. The van der Waals surface area contributed by atoms with E-state index in [0.29, 0.717) is 24.0 Å². The molecule has 0 radical (unpaired) electrons. The lowest BCUT2D eigenvalue weighted by atomic mass is 9.79. The number of carbonyl (C=O) groups is 1. The van der Waals surface area contributed by atoms with Crippen molar-refractivity contribution < 1.29 is 14.3 Å². The second kappa shape index (κ2) is 4.80. The first kappa shape index (κ1) is 13.8. The molecule has 1 aromatic carbocycles. The number of aliphatic hydroxyl groups excluding tert-OH is 1. The Morgan fingerprint density at radius 3 is 2.26 bits per heavy atom. The van der Waals surface area contributed by atoms with Crippen molar-refractivity contribution in [3.05, 3.63) is 45.5 Å². The molecule has 2 rings (SSSR count). The Labute approximate surface area is 113 Å². The highest BCUT2D eigenvalue weighted by molar-refractivity contribution is 5.91. The number of benzene rings is 1. The van der Waals surface area contributed by atoms with E-state index in [1.165, 1.54) is 6.08 Å². The fourth-order valence-corrected chi connectivity index (χ4v) is 3.02. The highest BCUT2D eigenvalue weighted by atomic mass is 19.1. The molecule has 2 nitrogen and oxygen atoms in total. The zero-order valence-corrected chi connectivity index (χ0v) is 11.8. The molecule has 0 spiro atoms. The Morgan fingerprint density at radius 1 is 1.05 bits per heavy atom. The maximum absolute atomic E-state index is 14.2. The van der Waals surface area contributed by atoms with Crippen LogP contribution >= 0.6 is 0 Å². The summed E-state index contributed by atoms with van der Waals surface area (Å²) in [4.78, 5) is 11.6.